The summed E-state index contributed by atoms with van der Waals surface area (Å²) in [6.45, 7) is 3.12. The standard InChI is InChI=1S/C11H13F2NO2/c1-7-4-9(8(2)15)5-14-10(7)16-6-11(3,12)13/h4-5H,6H2,1-3H3. The average molecular weight is 229 g/mol. The number of Topliss-reactive ketones (excluding diaryl/α,β-unsaturated/α-hetero) is 1. The first-order chi connectivity index (χ1) is 7.29. The molecular weight excluding hydrogens is 216 g/mol. The van der Waals surface area contributed by atoms with Gasteiger partial charge in [0.25, 0.3) is 5.92 Å². The lowest BCUT2D eigenvalue weighted by atomic mass is 10.1. The Kier molecular flexibility index (Phi) is 3.57. The third-order valence-electron chi connectivity index (χ3n) is 1.90. The molecule has 16 heavy (non-hydrogen) atoms. The molecule has 0 aromatic carbocycles. The summed E-state index contributed by atoms with van der Waals surface area (Å²) in [7, 11) is 0. The third-order valence-corrected chi connectivity index (χ3v) is 1.90. The Balaban J connectivity index is 2.80. The van der Waals surface area contributed by atoms with Gasteiger partial charge in [-0.2, -0.15) is 0 Å². The molecule has 0 spiro atoms. The minimum atomic E-state index is -2.90. The van der Waals surface area contributed by atoms with Crippen LogP contribution in [0.1, 0.15) is 29.8 Å². The normalized spacial score (nSPS) is 11.3. The number of alkyl halides is 2. The van der Waals surface area contributed by atoms with Crippen molar-refractivity contribution < 1.29 is 18.3 Å². The van der Waals surface area contributed by atoms with Gasteiger partial charge in [-0.1, -0.05) is 0 Å². The predicted molar refractivity (Wildman–Crippen MR) is 55.1 cm³/mol. The van der Waals surface area contributed by atoms with Crippen LogP contribution in [0.4, 0.5) is 8.78 Å². The Morgan fingerprint density at radius 3 is 2.62 bits per heavy atom. The van der Waals surface area contributed by atoms with Crippen LogP contribution in [-0.2, 0) is 0 Å². The van der Waals surface area contributed by atoms with Crippen molar-refractivity contribution in [1.82, 2.24) is 4.98 Å². The van der Waals surface area contributed by atoms with Gasteiger partial charge in [0.2, 0.25) is 5.88 Å². The summed E-state index contributed by atoms with van der Waals surface area (Å²) in [4.78, 5) is 14.9. The summed E-state index contributed by atoms with van der Waals surface area (Å²) in [6.07, 6.45) is 1.32. The largest absolute Gasteiger partial charge is 0.471 e. The topological polar surface area (TPSA) is 39.2 Å². The Labute approximate surface area is 92.4 Å². The second-order valence-electron chi connectivity index (χ2n) is 3.76. The van der Waals surface area contributed by atoms with E-state index in [2.05, 4.69) is 4.98 Å². The van der Waals surface area contributed by atoms with Gasteiger partial charge in [0.1, 0.15) is 0 Å². The molecule has 0 aliphatic carbocycles. The molecule has 0 radical (unpaired) electrons. The molecule has 0 saturated heterocycles. The molecule has 0 aliphatic rings. The van der Waals surface area contributed by atoms with E-state index in [0.717, 1.165) is 6.92 Å². The molecule has 0 atom stereocenters. The van der Waals surface area contributed by atoms with Gasteiger partial charge < -0.3 is 4.74 Å². The van der Waals surface area contributed by atoms with Crippen LogP contribution in [0.15, 0.2) is 12.3 Å². The van der Waals surface area contributed by atoms with Gasteiger partial charge >= 0.3 is 0 Å². The third kappa shape index (κ3) is 3.56. The summed E-state index contributed by atoms with van der Waals surface area (Å²) >= 11 is 0. The van der Waals surface area contributed by atoms with Crippen molar-refractivity contribution in [3.63, 3.8) is 0 Å². The average Bonchev–Trinajstić information content (AvgIpc) is 2.14. The maximum absolute atomic E-state index is 12.5. The summed E-state index contributed by atoms with van der Waals surface area (Å²) in [6, 6.07) is 1.57. The van der Waals surface area contributed by atoms with E-state index in [9.17, 15) is 13.6 Å². The molecule has 0 unspecified atom stereocenters. The fourth-order valence-electron chi connectivity index (χ4n) is 1.10. The first-order valence-corrected chi connectivity index (χ1v) is 4.78. The molecule has 1 heterocycles. The molecule has 1 rings (SSSR count). The van der Waals surface area contributed by atoms with Crippen molar-refractivity contribution >= 4 is 5.78 Å². The van der Waals surface area contributed by atoms with Crippen molar-refractivity contribution in [3.05, 3.63) is 23.4 Å². The van der Waals surface area contributed by atoms with Crippen LogP contribution in [-0.4, -0.2) is 23.3 Å². The van der Waals surface area contributed by atoms with Crippen LogP contribution in [0.2, 0.25) is 0 Å². The molecule has 0 amide bonds. The van der Waals surface area contributed by atoms with Crippen molar-refractivity contribution in [1.29, 1.82) is 0 Å². The molecule has 3 nitrogen and oxygen atoms in total. The van der Waals surface area contributed by atoms with E-state index in [4.69, 9.17) is 4.74 Å². The van der Waals surface area contributed by atoms with Crippen molar-refractivity contribution in [2.24, 2.45) is 0 Å². The minimum absolute atomic E-state index is 0.122. The Morgan fingerprint density at radius 2 is 2.19 bits per heavy atom. The summed E-state index contributed by atoms with van der Waals surface area (Å²) in [5, 5.41) is 0. The number of carbonyl (C=O) groups is 1. The van der Waals surface area contributed by atoms with Gasteiger partial charge in [-0.25, -0.2) is 13.8 Å². The van der Waals surface area contributed by atoms with Gasteiger partial charge in [-0.3, -0.25) is 4.79 Å². The number of ether oxygens (including phenoxy) is 1. The highest BCUT2D eigenvalue weighted by Gasteiger charge is 2.22. The zero-order valence-electron chi connectivity index (χ0n) is 9.38. The first-order valence-electron chi connectivity index (χ1n) is 4.78. The Hall–Kier alpha value is -1.52. The number of hydrogen-bond acceptors (Lipinski definition) is 3. The van der Waals surface area contributed by atoms with E-state index in [1.807, 2.05) is 0 Å². The summed E-state index contributed by atoms with van der Waals surface area (Å²) in [5.74, 6) is -2.89. The lowest BCUT2D eigenvalue weighted by Gasteiger charge is -2.12. The van der Waals surface area contributed by atoms with Gasteiger partial charge in [0.15, 0.2) is 12.4 Å². The van der Waals surface area contributed by atoms with Crippen LogP contribution in [0.3, 0.4) is 0 Å². The Morgan fingerprint density at radius 1 is 1.56 bits per heavy atom. The van der Waals surface area contributed by atoms with Crippen LogP contribution < -0.4 is 4.74 Å². The number of nitrogens with zero attached hydrogens (tertiary/aromatic N) is 1. The maximum atomic E-state index is 12.5. The zero-order valence-corrected chi connectivity index (χ0v) is 9.38. The van der Waals surface area contributed by atoms with Crippen molar-refractivity contribution in [2.45, 2.75) is 26.7 Å². The van der Waals surface area contributed by atoms with E-state index in [0.29, 0.717) is 11.1 Å². The molecule has 1 aromatic rings. The van der Waals surface area contributed by atoms with E-state index in [-0.39, 0.29) is 11.7 Å². The highest BCUT2D eigenvalue weighted by Crippen LogP contribution is 2.19. The minimum Gasteiger partial charge on any atom is -0.471 e. The fourth-order valence-corrected chi connectivity index (χ4v) is 1.10. The number of ketones is 1. The highest BCUT2D eigenvalue weighted by molar-refractivity contribution is 5.93. The van der Waals surface area contributed by atoms with E-state index >= 15 is 0 Å². The highest BCUT2D eigenvalue weighted by atomic mass is 19.3. The van der Waals surface area contributed by atoms with Gasteiger partial charge in [-0.05, 0) is 19.9 Å². The van der Waals surface area contributed by atoms with Crippen molar-refractivity contribution in [3.8, 4) is 5.88 Å². The predicted octanol–water partition coefficient (Wildman–Crippen LogP) is 2.63. The molecule has 0 bridgehead atoms. The first kappa shape index (κ1) is 12.5. The number of rotatable bonds is 4. The number of pyridine rings is 1. The number of aromatic nitrogens is 1. The van der Waals surface area contributed by atoms with Crippen molar-refractivity contribution in [2.75, 3.05) is 6.61 Å². The van der Waals surface area contributed by atoms with Crippen LogP contribution in [0.5, 0.6) is 5.88 Å². The molecular formula is C11H13F2NO2. The maximum Gasteiger partial charge on any atom is 0.278 e. The molecule has 0 saturated carbocycles. The summed E-state index contributed by atoms with van der Waals surface area (Å²) in [5.41, 5.74) is 1.00. The second kappa shape index (κ2) is 4.55. The van der Waals surface area contributed by atoms with Gasteiger partial charge in [0, 0.05) is 24.2 Å². The smallest absolute Gasteiger partial charge is 0.278 e. The molecule has 0 N–H and O–H groups in total. The SMILES string of the molecule is CC(=O)c1cnc(OCC(C)(F)F)c(C)c1. The van der Waals surface area contributed by atoms with E-state index in [1.165, 1.54) is 13.1 Å². The van der Waals surface area contributed by atoms with Crippen LogP contribution in [0.25, 0.3) is 0 Å². The summed E-state index contributed by atoms with van der Waals surface area (Å²) < 4.78 is 29.9. The molecule has 5 heteroatoms. The van der Waals surface area contributed by atoms with E-state index < -0.39 is 12.5 Å². The monoisotopic (exact) mass is 229 g/mol. The van der Waals surface area contributed by atoms with Crippen LogP contribution >= 0.6 is 0 Å². The fraction of sp³-hybridized carbons (Fsp3) is 0.455. The quantitative estimate of drug-likeness (QED) is 0.745. The van der Waals surface area contributed by atoms with Gasteiger partial charge in [-0.15, -0.1) is 0 Å². The molecule has 0 fully saturated rings. The molecule has 0 aliphatic heterocycles. The molecule has 1 aromatic heterocycles. The number of halogens is 2. The Bertz CT molecular complexity index is 399. The zero-order chi connectivity index (χ0) is 12.3. The van der Waals surface area contributed by atoms with Crippen LogP contribution in [0, 0.1) is 6.92 Å². The van der Waals surface area contributed by atoms with E-state index in [1.54, 1.807) is 13.0 Å². The lowest BCUT2D eigenvalue weighted by molar-refractivity contribution is -0.0244. The number of carbonyl (C=O) groups excluding carboxylic acids is 1. The molecule has 88 valence electrons. The lowest BCUT2D eigenvalue weighted by Crippen LogP contribution is -2.21. The number of hydrogen-bond donors (Lipinski definition) is 0. The van der Waals surface area contributed by atoms with Gasteiger partial charge in [0.05, 0.1) is 0 Å². The second-order valence-corrected chi connectivity index (χ2v) is 3.76. The number of aryl methyl sites for hydroxylation is 1.